The van der Waals surface area contributed by atoms with E-state index >= 15 is 0 Å². The fourth-order valence-corrected chi connectivity index (χ4v) is 4.52. The third kappa shape index (κ3) is 5.85. The summed E-state index contributed by atoms with van der Waals surface area (Å²) in [5, 5.41) is 2.98. The molecule has 188 valence electrons. The number of imidazole rings is 1. The first kappa shape index (κ1) is 24.6. The van der Waals surface area contributed by atoms with Crippen LogP contribution in [0, 0.1) is 18.8 Å². The fraction of sp³-hybridized carbons (Fsp3) is 0.310. The number of rotatable bonds is 5. The third-order valence-corrected chi connectivity index (χ3v) is 6.75. The molecule has 8 nitrogen and oxygen atoms in total. The molecule has 37 heavy (non-hydrogen) atoms. The maximum absolute atomic E-state index is 12.9. The summed E-state index contributed by atoms with van der Waals surface area (Å²) >= 11 is 0. The van der Waals surface area contributed by atoms with E-state index in [4.69, 9.17) is 0 Å². The number of fused-ring (bicyclic) bond motifs is 1. The van der Waals surface area contributed by atoms with Crippen molar-refractivity contribution < 1.29 is 4.79 Å². The van der Waals surface area contributed by atoms with E-state index in [1.807, 2.05) is 22.7 Å². The van der Waals surface area contributed by atoms with E-state index in [2.05, 4.69) is 68.7 Å². The van der Waals surface area contributed by atoms with Crippen LogP contribution < -0.4 is 5.32 Å². The number of aromatic nitrogens is 4. The molecule has 0 atom stereocenters. The molecular formula is C29H31N7O. The highest BCUT2D eigenvalue weighted by molar-refractivity contribution is 6.03. The highest BCUT2D eigenvalue weighted by atomic mass is 16.1. The SMILES string of the molecule is Cc1cc(NC(=O)c2cccc(C#Cc3cnc4cnccn34)n2)ccc1CN1CCN(C(C)C)CC1. The van der Waals surface area contributed by atoms with Gasteiger partial charge in [-0.2, -0.15) is 0 Å². The Morgan fingerprint density at radius 3 is 2.70 bits per heavy atom. The Kier molecular flexibility index (Phi) is 7.26. The van der Waals surface area contributed by atoms with Gasteiger partial charge in [0.1, 0.15) is 17.1 Å². The topological polar surface area (TPSA) is 78.7 Å². The highest BCUT2D eigenvalue weighted by Crippen LogP contribution is 2.19. The number of amides is 1. The molecule has 4 heterocycles. The van der Waals surface area contributed by atoms with Crippen molar-refractivity contribution in [1.82, 2.24) is 29.2 Å². The molecule has 1 amide bonds. The van der Waals surface area contributed by atoms with Crippen molar-refractivity contribution in [3.8, 4) is 11.8 Å². The lowest BCUT2D eigenvalue weighted by Gasteiger charge is -2.37. The van der Waals surface area contributed by atoms with Crippen LogP contribution in [0.2, 0.25) is 0 Å². The second kappa shape index (κ2) is 10.9. The van der Waals surface area contributed by atoms with Gasteiger partial charge in [-0.3, -0.25) is 24.0 Å². The van der Waals surface area contributed by atoms with Gasteiger partial charge in [-0.1, -0.05) is 12.1 Å². The number of pyridine rings is 1. The Morgan fingerprint density at radius 2 is 1.92 bits per heavy atom. The van der Waals surface area contributed by atoms with Crippen molar-refractivity contribution in [3.63, 3.8) is 0 Å². The van der Waals surface area contributed by atoms with E-state index in [9.17, 15) is 4.79 Å². The van der Waals surface area contributed by atoms with Gasteiger partial charge in [0.2, 0.25) is 0 Å². The molecule has 4 aromatic rings. The average Bonchev–Trinajstić information content (AvgIpc) is 3.32. The van der Waals surface area contributed by atoms with Crippen LogP contribution in [0.5, 0.6) is 0 Å². The van der Waals surface area contributed by atoms with Crippen LogP contribution in [0.4, 0.5) is 5.69 Å². The number of nitrogens with zero attached hydrogens (tertiary/aromatic N) is 6. The average molecular weight is 494 g/mol. The molecule has 0 spiro atoms. The number of carbonyl (C=O) groups is 1. The zero-order valence-electron chi connectivity index (χ0n) is 21.5. The van der Waals surface area contributed by atoms with E-state index in [-0.39, 0.29) is 5.91 Å². The minimum Gasteiger partial charge on any atom is -0.321 e. The smallest absolute Gasteiger partial charge is 0.274 e. The van der Waals surface area contributed by atoms with E-state index in [1.54, 1.807) is 36.8 Å². The lowest BCUT2D eigenvalue weighted by atomic mass is 10.1. The second-order valence-corrected chi connectivity index (χ2v) is 9.61. The molecule has 1 saturated heterocycles. The molecule has 0 bridgehead atoms. The van der Waals surface area contributed by atoms with Gasteiger partial charge in [0.15, 0.2) is 5.65 Å². The molecule has 5 rings (SSSR count). The molecule has 1 aromatic carbocycles. The van der Waals surface area contributed by atoms with E-state index in [0.717, 1.165) is 49.8 Å². The summed E-state index contributed by atoms with van der Waals surface area (Å²) < 4.78 is 1.86. The van der Waals surface area contributed by atoms with Crippen LogP contribution in [0.25, 0.3) is 5.65 Å². The van der Waals surface area contributed by atoms with Crippen molar-refractivity contribution in [2.75, 3.05) is 31.5 Å². The number of anilines is 1. The molecule has 1 fully saturated rings. The van der Waals surface area contributed by atoms with Gasteiger partial charge < -0.3 is 5.32 Å². The van der Waals surface area contributed by atoms with Gasteiger partial charge in [-0.05, 0) is 68.0 Å². The van der Waals surface area contributed by atoms with Crippen molar-refractivity contribution in [2.24, 2.45) is 0 Å². The fourth-order valence-electron chi connectivity index (χ4n) is 4.52. The van der Waals surface area contributed by atoms with E-state index in [1.165, 1.54) is 11.1 Å². The Bertz CT molecular complexity index is 1470. The van der Waals surface area contributed by atoms with Gasteiger partial charge in [0.05, 0.1) is 12.4 Å². The van der Waals surface area contributed by atoms with E-state index in [0.29, 0.717) is 17.4 Å². The first-order valence-corrected chi connectivity index (χ1v) is 12.6. The standard InChI is InChI=1S/C29H31N7O/c1-21(2)35-15-13-34(14-16-35)20-23-7-8-25(17-22(23)3)33-29(37)27-6-4-5-24(32-27)9-10-26-18-31-28-19-30-11-12-36(26)28/h4-8,11-12,17-19,21H,13-16,20H2,1-3H3,(H,33,37). The van der Waals surface area contributed by atoms with Crippen LogP contribution in [-0.2, 0) is 6.54 Å². The molecule has 0 saturated carbocycles. The molecule has 1 aliphatic heterocycles. The number of carbonyl (C=O) groups excluding carboxylic acids is 1. The first-order chi connectivity index (χ1) is 18.0. The predicted octanol–water partition coefficient (Wildman–Crippen LogP) is 3.61. The number of aryl methyl sites for hydroxylation is 1. The molecule has 3 aromatic heterocycles. The molecule has 1 N–H and O–H groups in total. The minimum atomic E-state index is -0.263. The van der Waals surface area contributed by atoms with Crippen LogP contribution >= 0.6 is 0 Å². The molecule has 0 unspecified atom stereocenters. The first-order valence-electron chi connectivity index (χ1n) is 12.6. The van der Waals surface area contributed by atoms with Crippen LogP contribution in [0.1, 0.15) is 46.9 Å². The normalized spacial score (nSPS) is 14.5. The zero-order valence-corrected chi connectivity index (χ0v) is 21.5. The predicted molar refractivity (Wildman–Crippen MR) is 144 cm³/mol. The van der Waals surface area contributed by atoms with Crippen LogP contribution in [-0.4, -0.2) is 67.3 Å². The summed E-state index contributed by atoms with van der Waals surface area (Å²) in [6.45, 7) is 11.9. The number of benzene rings is 1. The number of hydrogen-bond donors (Lipinski definition) is 1. The molecule has 0 radical (unpaired) electrons. The van der Waals surface area contributed by atoms with Crippen LogP contribution in [0.15, 0.2) is 61.2 Å². The van der Waals surface area contributed by atoms with Crippen molar-refractivity contribution >= 4 is 17.2 Å². The molecule has 0 aliphatic carbocycles. The molecule has 1 aliphatic rings. The Labute approximate surface area is 217 Å². The van der Waals surface area contributed by atoms with Crippen molar-refractivity contribution in [1.29, 1.82) is 0 Å². The van der Waals surface area contributed by atoms with Gasteiger partial charge in [-0.25, -0.2) is 9.97 Å². The summed E-state index contributed by atoms with van der Waals surface area (Å²) in [6.07, 6.45) is 6.86. The maximum atomic E-state index is 12.9. The number of hydrogen-bond acceptors (Lipinski definition) is 6. The summed E-state index contributed by atoms with van der Waals surface area (Å²) in [5.74, 6) is 5.85. The lowest BCUT2D eigenvalue weighted by molar-refractivity contribution is 0.102. The Morgan fingerprint density at radius 1 is 1.08 bits per heavy atom. The van der Waals surface area contributed by atoms with Gasteiger partial charge in [0, 0.05) is 56.8 Å². The molecule has 8 heteroatoms. The van der Waals surface area contributed by atoms with Crippen molar-refractivity contribution in [3.05, 3.63) is 89.4 Å². The summed E-state index contributed by atoms with van der Waals surface area (Å²) in [7, 11) is 0. The van der Waals surface area contributed by atoms with Gasteiger partial charge >= 0.3 is 0 Å². The molecular weight excluding hydrogens is 462 g/mol. The van der Waals surface area contributed by atoms with Crippen molar-refractivity contribution in [2.45, 2.75) is 33.4 Å². The Hall–Kier alpha value is -4.06. The van der Waals surface area contributed by atoms with Gasteiger partial charge in [-0.15, -0.1) is 0 Å². The maximum Gasteiger partial charge on any atom is 0.274 e. The highest BCUT2D eigenvalue weighted by Gasteiger charge is 2.19. The lowest BCUT2D eigenvalue weighted by Crippen LogP contribution is -2.48. The summed E-state index contributed by atoms with van der Waals surface area (Å²) in [6, 6.07) is 12.0. The second-order valence-electron chi connectivity index (χ2n) is 9.61. The van der Waals surface area contributed by atoms with Crippen LogP contribution in [0.3, 0.4) is 0 Å². The third-order valence-electron chi connectivity index (χ3n) is 6.75. The minimum absolute atomic E-state index is 0.263. The quantitative estimate of drug-likeness (QED) is 0.428. The monoisotopic (exact) mass is 493 g/mol. The zero-order chi connectivity index (χ0) is 25.8. The Balaban J connectivity index is 1.23. The number of piperazine rings is 1. The van der Waals surface area contributed by atoms with E-state index < -0.39 is 0 Å². The summed E-state index contributed by atoms with van der Waals surface area (Å²) in [5.41, 5.74) is 5.50. The largest absolute Gasteiger partial charge is 0.321 e. The summed E-state index contributed by atoms with van der Waals surface area (Å²) in [4.78, 5) is 30.7. The van der Waals surface area contributed by atoms with Gasteiger partial charge in [0.25, 0.3) is 5.91 Å². The number of nitrogens with one attached hydrogen (secondary N) is 1.